The van der Waals surface area contributed by atoms with E-state index in [1.54, 1.807) is 30.3 Å². The maximum atomic E-state index is 12.2. The molecule has 0 radical (unpaired) electrons. The van der Waals surface area contributed by atoms with Gasteiger partial charge >= 0.3 is 0 Å². The van der Waals surface area contributed by atoms with Gasteiger partial charge in [-0.15, -0.1) is 0 Å². The minimum Gasteiger partial charge on any atom is -0.496 e. The van der Waals surface area contributed by atoms with Crippen LogP contribution in [0.1, 0.15) is 31.1 Å². The van der Waals surface area contributed by atoms with Gasteiger partial charge < -0.3 is 26.3 Å². The van der Waals surface area contributed by atoms with E-state index in [4.69, 9.17) is 20.9 Å². The second kappa shape index (κ2) is 13.3. The molecule has 0 aliphatic heterocycles. The van der Waals surface area contributed by atoms with Crippen molar-refractivity contribution in [1.29, 1.82) is 0 Å². The molecule has 1 heterocycles. The van der Waals surface area contributed by atoms with Crippen LogP contribution < -0.4 is 26.3 Å². The number of rotatable bonds is 7. The largest absolute Gasteiger partial charge is 0.496 e. The van der Waals surface area contributed by atoms with Gasteiger partial charge in [0.1, 0.15) is 11.5 Å². The fourth-order valence-corrected chi connectivity index (χ4v) is 5.18. The van der Waals surface area contributed by atoms with Crippen LogP contribution in [0.15, 0.2) is 89.6 Å². The minimum atomic E-state index is -0.532. The Labute approximate surface area is 254 Å². The zero-order valence-electron chi connectivity index (χ0n) is 22.1. The molecule has 5 rings (SSSR count). The molecule has 0 fully saturated rings. The van der Waals surface area contributed by atoms with Crippen LogP contribution in [0.5, 0.6) is 11.5 Å². The van der Waals surface area contributed by atoms with Crippen LogP contribution >= 0.6 is 33.9 Å². The van der Waals surface area contributed by atoms with E-state index >= 15 is 0 Å². The lowest BCUT2D eigenvalue weighted by molar-refractivity contribution is 0.0988. The van der Waals surface area contributed by atoms with Crippen molar-refractivity contribution in [3.8, 4) is 22.6 Å². The van der Waals surface area contributed by atoms with E-state index in [0.717, 1.165) is 31.2 Å². The Hall–Kier alpha value is -4.42. The summed E-state index contributed by atoms with van der Waals surface area (Å²) in [7, 11) is 3.01. The Morgan fingerprint density at radius 1 is 0.732 bits per heavy atom. The Morgan fingerprint density at radius 2 is 1.32 bits per heavy atom. The molecule has 0 saturated carbocycles. The van der Waals surface area contributed by atoms with E-state index < -0.39 is 11.8 Å². The second-order valence-electron chi connectivity index (χ2n) is 8.73. The normalized spacial score (nSPS) is 10.3. The number of amides is 3. The summed E-state index contributed by atoms with van der Waals surface area (Å²) in [5.74, 6) is -0.156. The van der Waals surface area contributed by atoms with Crippen molar-refractivity contribution in [3.63, 3.8) is 0 Å². The van der Waals surface area contributed by atoms with Crippen molar-refractivity contribution < 1.29 is 23.9 Å². The number of methoxy groups -OCH3 is 2. The summed E-state index contributed by atoms with van der Waals surface area (Å²) in [6.45, 7) is 0. The van der Waals surface area contributed by atoms with Crippen LogP contribution in [0.4, 0.5) is 5.69 Å². The summed E-state index contributed by atoms with van der Waals surface area (Å²) >= 11 is 3.60. The third-order valence-electron chi connectivity index (χ3n) is 6.11. The van der Waals surface area contributed by atoms with Gasteiger partial charge in [0.15, 0.2) is 0 Å². The van der Waals surface area contributed by atoms with Crippen LogP contribution in [-0.2, 0) is 0 Å². The molecule has 4 aromatic carbocycles. The molecule has 0 unspecified atom stereocenters. The lowest BCUT2D eigenvalue weighted by Gasteiger charge is -2.10. The van der Waals surface area contributed by atoms with Crippen LogP contribution in [0.25, 0.3) is 21.9 Å². The van der Waals surface area contributed by atoms with E-state index in [1.165, 1.54) is 25.6 Å². The third kappa shape index (κ3) is 7.21. The molecule has 10 heteroatoms. The maximum Gasteiger partial charge on any atom is 0.256 e. The topological polar surface area (TPSA) is 134 Å². The summed E-state index contributed by atoms with van der Waals surface area (Å²) in [5.41, 5.74) is 14.6. The Morgan fingerprint density at radius 3 is 1.95 bits per heavy atom. The average Bonchev–Trinajstić information content (AvgIpc) is 3.52. The number of thiophene rings is 1. The summed E-state index contributed by atoms with van der Waals surface area (Å²) in [6.07, 6.45) is 0. The highest BCUT2D eigenvalue weighted by molar-refractivity contribution is 14.1. The number of carbonyl (C=O) groups excluding carboxylic acids is 3. The smallest absolute Gasteiger partial charge is 0.256 e. The monoisotopic (exact) mass is 679 g/mol. The Balaban J connectivity index is 0.000000271. The first-order valence-electron chi connectivity index (χ1n) is 12.2. The number of ether oxygens (including phenoxy) is 2. The standard InChI is InChI=1S/C23H18N2O3S.C8H8INO2/c1-28-21-7-5-17(12-20(21)22(24)26)14-2-3-16-11-19(6-4-15(16)10-14)25-23(27)18-8-9-29-13-18;1-12-7-3-2-5(9)4-6(7)8(10)11/h2-13H,1H3,(H2,24,26)(H,25,27);2-4H,1H3,(H2,10,11). The highest BCUT2D eigenvalue weighted by Gasteiger charge is 2.12. The number of fused-ring (bicyclic) bond motifs is 1. The van der Waals surface area contributed by atoms with Crippen LogP contribution in [0, 0.1) is 3.57 Å². The van der Waals surface area contributed by atoms with Crippen molar-refractivity contribution in [1.82, 2.24) is 0 Å². The molecule has 0 bridgehead atoms. The number of hydrogen-bond donors (Lipinski definition) is 3. The van der Waals surface area contributed by atoms with Crippen LogP contribution in [-0.4, -0.2) is 31.9 Å². The first-order valence-corrected chi connectivity index (χ1v) is 14.2. The molecule has 0 aliphatic carbocycles. The lowest BCUT2D eigenvalue weighted by Crippen LogP contribution is -2.12. The van der Waals surface area contributed by atoms with Gasteiger partial charge in [-0.3, -0.25) is 14.4 Å². The third-order valence-corrected chi connectivity index (χ3v) is 7.46. The number of anilines is 1. The quantitative estimate of drug-likeness (QED) is 0.173. The Kier molecular flexibility index (Phi) is 9.58. The molecule has 3 amide bonds. The van der Waals surface area contributed by atoms with Gasteiger partial charge in [0.25, 0.3) is 17.7 Å². The number of nitrogens with two attached hydrogens (primary N) is 2. The predicted octanol–water partition coefficient (Wildman–Crippen LogP) is 6.33. The van der Waals surface area contributed by atoms with Crippen LogP contribution in [0.2, 0.25) is 0 Å². The number of carbonyl (C=O) groups is 3. The van der Waals surface area contributed by atoms with Crippen molar-refractivity contribution in [2.24, 2.45) is 11.5 Å². The highest BCUT2D eigenvalue weighted by Crippen LogP contribution is 2.30. The molecular formula is C31H26IN3O5S. The van der Waals surface area contributed by atoms with Crippen molar-refractivity contribution in [2.75, 3.05) is 19.5 Å². The SMILES string of the molecule is COc1ccc(-c2ccc3cc(NC(=O)c4ccsc4)ccc3c2)cc1C(N)=O.COc1ccc(I)cc1C(N)=O. The number of primary amides is 2. The van der Waals surface area contributed by atoms with Gasteiger partial charge in [-0.2, -0.15) is 11.3 Å². The molecule has 208 valence electrons. The van der Waals surface area contributed by atoms with Crippen molar-refractivity contribution >= 4 is 68.1 Å². The van der Waals surface area contributed by atoms with E-state index in [9.17, 15) is 14.4 Å². The lowest BCUT2D eigenvalue weighted by atomic mass is 9.99. The summed E-state index contributed by atoms with van der Waals surface area (Å²) < 4.78 is 11.1. The average molecular weight is 680 g/mol. The van der Waals surface area contributed by atoms with E-state index in [-0.39, 0.29) is 5.91 Å². The molecule has 0 aliphatic rings. The number of hydrogen-bond acceptors (Lipinski definition) is 6. The van der Waals surface area contributed by atoms with Crippen molar-refractivity contribution in [3.05, 3.63) is 110 Å². The zero-order chi connectivity index (χ0) is 29.5. The summed E-state index contributed by atoms with van der Waals surface area (Å²) in [4.78, 5) is 34.8. The zero-order valence-corrected chi connectivity index (χ0v) is 25.1. The van der Waals surface area contributed by atoms with Gasteiger partial charge in [0, 0.05) is 14.6 Å². The fourth-order valence-electron chi connectivity index (χ4n) is 4.05. The van der Waals surface area contributed by atoms with Crippen molar-refractivity contribution in [2.45, 2.75) is 0 Å². The van der Waals surface area contributed by atoms with Gasteiger partial charge in [-0.1, -0.05) is 24.3 Å². The summed E-state index contributed by atoms with van der Waals surface area (Å²) in [5, 5.41) is 8.63. The molecule has 0 spiro atoms. The number of nitrogens with one attached hydrogen (secondary N) is 1. The van der Waals surface area contributed by atoms with Gasteiger partial charge in [-0.05, 0) is 104 Å². The van der Waals surface area contributed by atoms with E-state index in [2.05, 4.69) is 27.9 Å². The molecule has 5 N–H and O–H groups in total. The maximum absolute atomic E-state index is 12.2. The molecule has 0 saturated heterocycles. The molecule has 8 nitrogen and oxygen atoms in total. The second-order valence-corrected chi connectivity index (χ2v) is 10.8. The van der Waals surface area contributed by atoms with E-state index in [1.807, 2.05) is 59.3 Å². The molecular weight excluding hydrogens is 653 g/mol. The summed E-state index contributed by atoms with van der Waals surface area (Å²) in [6, 6.07) is 24.2. The molecule has 1 aromatic heterocycles. The van der Waals surface area contributed by atoms with Gasteiger partial charge in [0.05, 0.1) is 30.9 Å². The predicted molar refractivity (Wildman–Crippen MR) is 171 cm³/mol. The minimum absolute atomic E-state index is 0.126. The number of benzene rings is 4. The number of halogens is 1. The van der Waals surface area contributed by atoms with Gasteiger partial charge in [-0.25, -0.2) is 0 Å². The molecule has 5 aromatic rings. The first kappa shape index (κ1) is 29.6. The highest BCUT2D eigenvalue weighted by atomic mass is 127. The van der Waals surface area contributed by atoms with E-state index in [0.29, 0.717) is 28.2 Å². The Bertz CT molecular complexity index is 1740. The molecule has 0 atom stereocenters. The first-order chi connectivity index (χ1) is 19.7. The molecule has 41 heavy (non-hydrogen) atoms. The fraction of sp³-hybridized carbons (Fsp3) is 0.0645. The van der Waals surface area contributed by atoms with Crippen LogP contribution in [0.3, 0.4) is 0 Å². The van der Waals surface area contributed by atoms with Gasteiger partial charge in [0.2, 0.25) is 0 Å².